The van der Waals surface area contributed by atoms with Gasteiger partial charge in [-0.05, 0) is 12.5 Å². The Hall–Kier alpha value is -2.70. The summed E-state index contributed by atoms with van der Waals surface area (Å²) in [7, 11) is 1.93. The quantitative estimate of drug-likeness (QED) is 0.792. The smallest absolute Gasteiger partial charge is 0.222 e. The molecule has 4 heterocycles. The van der Waals surface area contributed by atoms with Gasteiger partial charge in [0.15, 0.2) is 0 Å². The standard InChI is InChI=1S/C15H17N7/c1-21-10-11(7-20-21)13-9-18-14-4-3-12(22(13)14)8-19-15-16-5-2-6-17-15/h2,5-7,9-10,12H,3-4,8H2,1H3,(H,16,17,19)/t12-/m0/s1. The Morgan fingerprint density at radius 3 is 2.86 bits per heavy atom. The largest absolute Gasteiger partial charge is 0.352 e. The van der Waals surface area contributed by atoms with Crippen LogP contribution in [-0.2, 0) is 13.5 Å². The van der Waals surface area contributed by atoms with Crippen LogP contribution in [0.4, 0.5) is 5.95 Å². The highest BCUT2D eigenvalue weighted by molar-refractivity contribution is 5.58. The van der Waals surface area contributed by atoms with E-state index in [0.717, 1.165) is 36.5 Å². The second-order valence-corrected chi connectivity index (χ2v) is 5.48. The second kappa shape index (κ2) is 5.25. The molecule has 0 saturated carbocycles. The Morgan fingerprint density at radius 2 is 2.09 bits per heavy atom. The van der Waals surface area contributed by atoms with Crippen molar-refractivity contribution < 1.29 is 0 Å². The molecule has 4 rings (SSSR count). The fraction of sp³-hybridized carbons (Fsp3) is 0.333. The van der Waals surface area contributed by atoms with Gasteiger partial charge in [-0.1, -0.05) is 0 Å². The van der Waals surface area contributed by atoms with E-state index in [1.165, 1.54) is 0 Å². The SMILES string of the molecule is Cn1cc(-c2cnc3n2[C@H](CNc2ncccn2)CC3)cn1. The van der Waals surface area contributed by atoms with Crippen molar-refractivity contribution in [2.75, 3.05) is 11.9 Å². The van der Waals surface area contributed by atoms with Crippen molar-refractivity contribution in [3.63, 3.8) is 0 Å². The molecule has 22 heavy (non-hydrogen) atoms. The van der Waals surface area contributed by atoms with Crippen LogP contribution in [0.1, 0.15) is 18.3 Å². The number of hydrogen-bond donors (Lipinski definition) is 1. The zero-order valence-corrected chi connectivity index (χ0v) is 12.3. The number of fused-ring (bicyclic) bond motifs is 1. The number of nitrogens with one attached hydrogen (secondary N) is 1. The van der Waals surface area contributed by atoms with Crippen LogP contribution >= 0.6 is 0 Å². The van der Waals surface area contributed by atoms with Crippen LogP contribution in [0.25, 0.3) is 11.3 Å². The molecule has 3 aromatic heterocycles. The summed E-state index contributed by atoms with van der Waals surface area (Å²) in [5, 5.41) is 7.57. The fourth-order valence-electron chi connectivity index (χ4n) is 2.98. The van der Waals surface area contributed by atoms with Crippen LogP contribution in [0.2, 0.25) is 0 Å². The van der Waals surface area contributed by atoms with Gasteiger partial charge in [0.1, 0.15) is 5.82 Å². The molecule has 7 nitrogen and oxygen atoms in total. The van der Waals surface area contributed by atoms with Gasteiger partial charge in [0.25, 0.3) is 0 Å². The van der Waals surface area contributed by atoms with E-state index in [4.69, 9.17) is 0 Å². The summed E-state index contributed by atoms with van der Waals surface area (Å²) in [5.41, 5.74) is 2.23. The van der Waals surface area contributed by atoms with Crippen LogP contribution in [0.5, 0.6) is 0 Å². The fourth-order valence-corrected chi connectivity index (χ4v) is 2.98. The Balaban J connectivity index is 1.58. The molecule has 0 radical (unpaired) electrons. The Kier molecular flexibility index (Phi) is 3.10. The maximum Gasteiger partial charge on any atom is 0.222 e. The van der Waals surface area contributed by atoms with Crippen molar-refractivity contribution in [1.82, 2.24) is 29.3 Å². The molecule has 0 aromatic carbocycles. The van der Waals surface area contributed by atoms with Gasteiger partial charge in [0, 0.05) is 44.2 Å². The Bertz CT molecular complexity index is 774. The van der Waals surface area contributed by atoms with Crippen molar-refractivity contribution in [1.29, 1.82) is 0 Å². The minimum Gasteiger partial charge on any atom is -0.352 e. The zero-order chi connectivity index (χ0) is 14.9. The summed E-state index contributed by atoms with van der Waals surface area (Å²) in [6.45, 7) is 0.792. The second-order valence-electron chi connectivity index (χ2n) is 5.48. The molecule has 0 unspecified atom stereocenters. The highest BCUT2D eigenvalue weighted by Crippen LogP contribution is 2.32. The third kappa shape index (κ3) is 2.24. The van der Waals surface area contributed by atoms with Crippen molar-refractivity contribution in [2.45, 2.75) is 18.9 Å². The minimum absolute atomic E-state index is 0.358. The van der Waals surface area contributed by atoms with E-state index in [1.54, 1.807) is 12.4 Å². The summed E-state index contributed by atoms with van der Waals surface area (Å²) in [6.07, 6.45) is 11.4. The summed E-state index contributed by atoms with van der Waals surface area (Å²) in [6, 6.07) is 2.17. The number of hydrogen-bond acceptors (Lipinski definition) is 5. The van der Waals surface area contributed by atoms with E-state index >= 15 is 0 Å². The van der Waals surface area contributed by atoms with Gasteiger partial charge in [-0.2, -0.15) is 5.10 Å². The van der Waals surface area contributed by atoms with Crippen LogP contribution in [0, 0.1) is 0 Å². The molecule has 0 aliphatic carbocycles. The number of aromatic nitrogens is 6. The van der Waals surface area contributed by atoms with Gasteiger partial charge in [-0.25, -0.2) is 15.0 Å². The lowest BCUT2D eigenvalue weighted by Crippen LogP contribution is -2.17. The van der Waals surface area contributed by atoms with Gasteiger partial charge in [-0.15, -0.1) is 0 Å². The Labute approximate surface area is 128 Å². The topological polar surface area (TPSA) is 73.5 Å². The van der Waals surface area contributed by atoms with Crippen molar-refractivity contribution in [3.05, 3.63) is 42.9 Å². The molecule has 0 amide bonds. The van der Waals surface area contributed by atoms with Crippen molar-refractivity contribution >= 4 is 5.95 Å². The average molecular weight is 295 g/mol. The molecule has 1 aliphatic rings. The van der Waals surface area contributed by atoms with Crippen molar-refractivity contribution in [2.24, 2.45) is 7.05 Å². The highest BCUT2D eigenvalue weighted by Gasteiger charge is 2.26. The molecule has 1 aliphatic heterocycles. The van der Waals surface area contributed by atoms with Crippen LogP contribution in [0.3, 0.4) is 0 Å². The van der Waals surface area contributed by atoms with E-state index in [-0.39, 0.29) is 0 Å². The lowest BCUT2D eigenvalue weighted by molar-refractivity contribution is 0.557. The molecule has 1 N–H and O–H groups in total. The molecular formula is C15H17N7. The van der Waals surface area contributed by atoms with Crippen LogP contribution in [0.15, 0.2) is 37.1 Å². The lowest BCUT2D eigenvalue weighted by atomic mass is 10.2. The van der Waals surface area contributed by atoms with Gasteiger partial charge >= 0.3 is 0 Å². The summed E-state index contributed by atoms with van der Waals surface area (Å²) >= 11 is 0. The summed E-state index contributed by atoms with van der Waals surface area (Å²) < 4.78 is 4.13. The van der Waals surface area contributed by atoms with Gasteiger partial charge in [0.05, 0.1) is 24.1 Å². The third-order valence-corrected chi connectivity index (χ3v) is 4.00. The van der Waals surface area contributed by atoms with Crippen LogP contribution in [-0.4, -0.2) is 35.8 Å². The predicted molar refractivity (Wildman–Crippen MR) is 82.3 cm³/mol. The van der Waals surface area contributed by atoms with E-state index < -0.39 is 0 Å². The summed E-state index contributed by atoms with van der Waals surface area (Å²) in [4.78, 5) is 13.0. The van der Waals surface area contributed by atoms with E-state index in [2.05, 4.69) is 29.9 Å². The van der Waals surface area contributed by atoms with Crippen molar-refractivity contribution in [3.8, 4) is 11.3 Å². The maximum absolute atomic E-state index is 4.55. The first-order valence-electron chi connectivity index (χ1n) is 7.37. The number of rotatable bonds is 4. The van der Waals surface area contributed by atoms with Gasteiger partial charge in [0.2, 0.25) is 5.95 Å². The van der Waals surface area contributed by atoms with Gasteiger partial charge < -0.3 is 9.88 Å². The molecule has 3 aromatic rings. The molecule has 7 heteroatoms. The normalized spacial score (nSPS) is 16.7. The first-order valence-corrected chi connectivity index (χ1v) is 7.37. The Morgan fingerprint density at radius 1 is 1.23 bits per heavy atom. The lowest BCUT2D eigenvalue weighted by Gasteiger charge is -2.16. The minimum atomic E-state index is 0.358. The van der Waals surface area contributed by atoms with Gasteiger partial charge in [-0.3, -0.25) is 4.68 Å². The number of imidazole rings is 1. The first-order chi connectivity index (χ1) is 10.8. The maximum atomic E-state index is 4.55. The number of nitrogens with zero attached hydrogens (tertiary/aromatic N) is 6. The van der Waals surface area contributed by atoms with E-state index in [1.807, 2.05) is 36.4 Å². The molecule has 0 bridgehead atoms. The molecule has 112 valence electrons. The van der Waals surface area contributed by atoms with E-state index in [0.29, 0.717) is 12.0 Å². The van der Waals surface area contributed by atoms with E-state index in [9.17, 15) is 0 Å². The number of anilines is 1. The highest BCUT2D eigenvalue weighted by atomic mass is 15.2. The monoisotopic (exact) mass is 295 g/mol. The number of aryl methyl sites for hydroxylation is 2. The molecule has 0 saturated heterocycles. The predicted octanol–water partition coefficient (Wildman–Crippen LogP) is 1.67. The molecule has 1 atom stereocenters. The zero-order valence-electron chi connectivity index (χ0n) is 12.3. The molecular weight excluding hydrogens is 278 g/mol. The summed E-state index contributed by atoms with van der Waals surface area (Å²) in [5.74, 6) is 1.80. The molecule has 0 spiro atoms. The molecule has 0 fully saturated rings. The third-order valence-electron chi connectivity index (χ3n) is 4.00. The average Bonchev–Trinajstić information content (AvgIpc) is 3.23. The van der Waals surface area contributed by atoms with Crippen LogP contribution < -0.4 is 5.32 Å². The first kappa shape index (κ1) is 13.0.